The van der Waals surface area contributed by atoms with E-state index in [4.69, 9.17) is 4.74 Å². The molecule has 0 radical (unpaired) electrons. The van der Waals surface area contributed by atoms with Crippen LogP contribution in [0.3, 0.4) is 0 Å². The average Bonchev–Trinajstić information content (AvgIpc) is 3.11. The van der Waals surface area contributed by atoms with Gasteiger partial charge >= 0.3 is 12.1 Å². The molecule has 0 spiro atoms. The Morgan fingerprint density at radius 3 is 2.38 bits per heavy atom. The number of carbonyl (C=O) groups is 3. The van der Waals surface area contributed by atoms with Crippen LogP contribution in [0.5, 0.6) is 0 Å². The summed E-state index contributed by atoms with van der Waals surface area (Å²) in [6, 6.07) is 15.8. The number of rotatable bonds is 6. The van der Waals surface area contributed by atoms with E-state index in [1.54, 1.807) is 11.8 Å². The van der Waals surface area contributed by atoms with Crippen molar-refractivity contribution in [3.05, 3.63) is 59.7 Å². The maximum absolute atomic E-state index is 12.5. The zero-order valence-electron chi connectivity index (χ0n) is 17.8. The summed E-state index contributed by atoms with van der Waals surface area (Å²) in [5.41, 5.74) is 4.60. The molecule has 8 heteroatoms. The first-order valence-electron chi connectivity index (χ1n) is 10.7. The lowest BCUT2D eigenvalue weighted by Gasteiger charge is -2.31. The van der Waals surface area contributed by atoms with Crippen molar-refractivity contribution < 1.29 is 24.2 Å². The van der Waals surface area contributed by atoms with Crippen LogP contribution >= 0.6 is 11.8 Å². The van der Waals surface area contributed by atoms with Crippen LogP contribution in [0.4, 0.5) is 4.79 Å². The Hall–Kier alpha value is -3.00. The molecule has 1 fully saturated rings. The van der Waals surface area contributed by atoms with Gasteiger partial charge in [0.1, 0.15) is 11.9 Å². The van der Waals surface area contributed by atoms with Crippen molar-refractivity contribution in [3.63, 3.8) is 0 Å². The first-order valence-corrected chi connectivity index (χ1v) is 11.7. The molecule has 1 unspecified atom stereocenters. The molecule has 4 rings (SSSR count). The van der Waals surface area contributed by atoms with Crippen LogP contribution in [0.2, 0.25) is 0 Å². The number of carbonyl (C=O) groups excluding carboxylic acids is 2. The first kappa shape index (κ1) is 22.2. The minimum Gasteiger partial charge on any atom is -0.480 e. The molecule has 7 nitrogen and oxygen atoms in total. The van der Waals surface area contributed by atoms with Crippen LogP contribution < -0.4 is 5.32 Å². The summed E-state index contributed by atoms with van der Waals surface area (Å²) in [7, 11) is 0. The Kier molecular flexibility index (Phi) is 6.69. The van der Waals surface area contributed by atoms with Gasteiger partial charge in [-0.25, -0.2) is 4.79 Å². The lowest BCUT2D eigenvalue weighted by molar-refractivity contribution is -0.138. The second-order valence-corrected chi connectivity index (χ2v) is 9.42. The van der Waals surface area contributed by atoms with Gasteiger partial charge in [0.25, 0.3) is 0 Å². The molecule has 1 saturated heterocycles. The maximum Gasteiger partial charge on any atom is 0.407 e. The van der Waals surface area contributed by atoms with Gasteiger partial charge in [-0.1, -0.05) is 48.5 Å². The van der Waals surface area contributed by atoms with Crippen molar-refractivity contribution in [1.82, 2.24) is 10.2 Å². The van der Waals surface area contributed by atoms with Crippen molar-refractivity contribution in [1.29, 1.82) is 0 Å². The van der Waals surface area contributed by atoms with E-state index in [0.717, 1.165) is 22.3 Å². The number of benzene rings is 2. The van der Waals surface area contributed by atoms with E-state index >= 15 is 0 Å². The number of aliphatic carboxylic acids is 1. The van der Waals surface area contributed by atoms with Crippen molar-refractivity contribution in [3.8, 4) is 11.1 Å². The van der Waals surface area contributed by atoms with E-state index in [2.05, 4.69) is 29.6 Å². The molecule has 2 atom stereocenters. The number of carboxylic acids is 1. The van der Waals surface area contributed by atoms with Gasteiger partial charge < -0.3 is 20.1 Å². The standard InChI is InChI=1S/C24H26N2O5S/c1-15(12-22(27)26-10-11-32-21(13-26)23(28)29)25-24(30)31-14-20-18-8-4-2-6-16(18)17-7-3-5-9-19(17)20/h2-9,15,20-21H,10-14H2,1H3,(H,25,30)(H,28,29)/t15-,21?/m0/s1. The SMILES string of the molecule is C[C@@H](CC(=O)N1CCSC(C(=O)O)C1)NC(=O)OCC1c2ccccc2-c2ccccc21. The molecule has 2 aromatic rings. The Bertz CT molecular complexity index is 981. The van der Waals surface area contributed by atoms with Gasteiger partial charge in [0.15, 0.2) is 0 Å². The lowest BCUT2D eigenvalue weighted by Crippen LogP contribution is -2.46. The summed E-state index contributed by atoms with van der Waals surface area (Å²) < 4.78 is 5.53. The first-order chi connectivity index (χ1) is 15.4. The summed E-state index contributed by atoms with van der Waals surface area (Å²) in [4.78, 5) is 37.7. The molecule has 1 aliphatic carbocycles. The molecular weight excluding hydrogens is 428 g/mol. The summed E-state index contributed by atoms with van der Waals surface area (Å²) >= 11 is 1.35. The van der Waals surface area contributed by atoms with Gasteiger partial charge in [-0.3, -0.25) is 9.59 Å². The minimum absolute atomic E-state index is 0.0242. The summed E-state index contributed by atoms with van der Waals surface area (Å²) in [5, 5.41) is 11.3. The second kappa shape index (κ2) is 9.65. The van der Waals surface area contributed by atoms with Crippen molar-refractivity contribution in [2.45, 2.75) is 30.6 Å². The minimum atomic E-state index is -0.905. The number of nitrogens with zero attached hydrogens (tertiary/aromatic N) is 1. The highest BCUT2D eigenvalue weighted by atomic mass is 32.2. The number of amides is 2. The Morgan fingerprint density at radius 1 is 1.12 bits per heavy atom. The fourth-order valence-corrected chi connectivity index (χ4v) is 5.35. The number of ether oxygens (including phenoxy) is 1. The second-order valence-electron chi connectivity index (χ2n) is 8.11. The molecule has 32 heavy (non-hydrogen) atoms. The Morgan fingerprint density at radius 2 is 1.75 bits per heavy atom. The van der Waals surface area contributed by atoms with Gasteiger partial charge in [-0.05, 0) is 29.2 Å². The highest BCUT2D eigenvalue weighted by Gasteiger charge is 2.31. The Labute approximate surface area is 191 Å². The van der Waals surface area contributed by atoms with E-state index in [0.29, 0.717) is 12.3 Å². The number of fused-ring (bicyclic) bond motifs is 3. The van der Waals surface area contributed by atoms with E-state index < -0.39 is 23.4 Å². The Balaban J connectivity index is 1.30. The topological polar surface area (TPSA) is 95.9 Å². The maximum atomic E-state index is 12.5. The number of carboxylic acid groups (broad SMARTS) is 1. The van der Waals surface area contributed by atoms with Crippen LogP contribution in [0.15, 0.2) is 48.5 Å². The van der Waals surface area contributed by atoms with E-state index in [1.165, 1.54) is 11.8 Å². The van der Waals surface area contributed by atoms with E-state index in [1.807, 2.05) is 24.3 Å². The third-order valence-corrected chi connectivity index (χ3v) is 7.05. The van der Waals surface area contributed by atoms with Crippen LogP contribution in [0.1, 0.15) is 30.4 Å². The van der Waals surface area contributed by atoms with Crippen LogP contribution in [-0.4, -0.2) is 64.7 Å². The molecular formula is C24H26N2O5S. The molecule has 2 amide bonds. The van der Waals surface area contributed by atoms with E-state index in [9.17, 15) is 19.5 Å². The van der Waals surface area contributed by atoms with Crippen LogP contribution in [0.25, 0.3) is 11.1 Å². The van der Waals surface area contributed by atoms with Gasteiger partial charge in [-0.2, -0.15) is 0 Å². The highest BCUT2D eigenvalue weighted by molar-refractivity contribution is 8.00. The summed E-state index contributed by atoms with van der Waals surface area (Å²) in [5.74, 6) is -0.499. The smallest absolute Gasteiger partial charge is 0.407 e. The fraction of sp³-hybridized carbons (Fsp3) is 0.375. The molecule has 0 saturated carbocycles. The molecule has 2 aliphatic rings. The molecule has 2 N–H and O–H groups in total. The third kappa shape index (κ3) is 4.75. The quantitative estimate of drug-likeness (QED) is 0.695. The van der Waals surface area contributed by atoms with Crippen molar-refractivity contribution in [2.24, 2.45) is 0 Å². The van der Waals surface area contributed by atoms with Gasteiger partial charge in [-0.15, -0.1) is 11.8 Å². The number of hydrogen-bond donors (Lipinski definition) is 2. The zero-order chi connectivity index (χ0) is 22.7. The fourth-order valence-electron chi connectivity index (χ4n) is 4.31. The molecule has 1 aliphatic heterocycles. The molecule has 0 aromatic heterocycles. The number of nitrogens with one attached hydrogen (secondary N) is 1. The van der Waals surface area contributed by atoms with Gasteiger partial charge in [0.2, 0.25) is 5.91 Å². The third-order valence-electron chi connectivity index (χ3n) is 5.88. The average molecular weight is 455 g/mol. The number of hydrogen-bond acceptors (Lipinski definition) is 5. The van der Waals surface area contributed by atoms with Crippen molar-refractivity contribution in [2.75, 3.05) is 25.4 Å². The van der Waals surface area contributed by atoms with Crippen molar-refractivity contribution >= 4 is 29.7 Å². The zero-order valence-corrected chi connectivity index (χ0v) is 18.6. The predicted octanol–water partition coefficient (Wildman–Crippen LogP) is 3.33. The largest absolute Gasteiger partial charge is 0.480 e. The van der Waals surface area contributed by atoms with Crippen LogP contribution in [-0.2, 0) is 14.3 Å². The number of alkyl carbamates (subject to hydrolysis) is 1. The predicted molar refractivity (Wildman–Crippen MR) is 123 cm³/mol. The molecule has 168 valence electrons. The summed E-state index contributed by atoms with van der Waals surface area (Å²) in [6.45, 7) is 2.66. The highest BCUT2D eigenvalue weighted by Crippen LogP contribution is 2.44. The monoisotopic (exact) mass is 454 g/mol. The molecule has 1 heterocycles. The van der Waals surface area contributed by atoms with E-state index in [-0.39, 0.29) is 31.4 Å². The molecule has 2 aromatic carbocycles. The summed E-state index contributed by atoms with van der Waals surface area (Å²) in [6.07, 6.45) is -0.467. The number of thioether (sulfide) groups is 1. The van der Waals surface area contributed by atoms with Crippen LogP contribution in [0, 0.1) is 0 Å². The van der Waals surface area contributed by atoms with Gasteiger partial charge in [0.05, 0.1) is 0 Å². The molecule has 0 bridgehead atoms. The normalized spacial score (nSPS) is 18.4. The van der Waals surface area contributed by atoms with Gasteiger partial charge in [0, 0.05) is 37.2 Å². The lowest BCUT2D eigenvalue weighted by atomic mass is 9.98.